The first-order valence-corrected chi connectivity index (χ1v) is 9.33. The first kappa shape index (κ1) is 22.3. The predicted molar refractivity (Wildman–Crippen MR) is 97.5 cm³/mol. The van der Waals surface area contributed by atoms with E-state index >= 15 is 0 Å². The molecular formula is C20H30O6. The van der Waals surface area contributed by atoms with Crippen LogP contribution in [0.5, 0.6) is 0 Å². The summed E-state index contributed by atoms with van der Waals surface area (Å²) in [5.41, 5.74) is 0. The van der Waals surface area contributed by atoms with E-state index in [1.807, 2.05) is 0 Å². The van der Waals surface area contributed by atoms with Gasteiger partial charge in [-0.25, -0.2) is 4.79 Å². The zero-order valence-corrected chi connectivity index (χ0v) is 15.3. The Kier molecular flexibility index (Phi) is 10.1. The fourth-order valence-corrected chi connectivity index (χ4v) is 3.22. The smallest absolute Gasteiger partial charge is 0.327 e. The van der Waals surface area contributed by atoms with E-state index in [2.05, 4.69) is 6.92 Å². The van der Waals surface area contributed by atoms with Crippen LogP contribution in [0, 0.1) is 11.8 Å². The summed E-state index contributed by atoms with van der Waals surface area (Å²) < 4.78 is 0. The van der Waals surface area contributed by atoms with Crippen molar-refractivity contribution in [1.82, 2.24) is 0 Å². The van der Waals surface area contributed by atoms with Crippen LogP contribution in [0.4, 0.5) is 0 Å². The average Bonchev–Trinajstić information content (AvgIpc) is 2.83. The summed E-state index contributed by atoms with van der Waals surface area (Å²) in [4.78, 5) is 34.6. The molecule has 0 radical (unpaired) electrons. The number of Topliss-reactive ketones (excluding diaryl/α,β-unsaturated/α-hetero) is 2. The van der Waals surface area contributed by atoms with E-state index in [0.29, 0.717) is 12.8 Å². The van der Waals surface area contributed by atoms with Crippen molar-refractivity contribution in [2.45, 2.75) is 70.5 Å². The number of aliphatic hydroxyl groups is 2. The standard InChI is InChI=1S/C20H30O6/c1-2-3-4-7-14(21)10-11-16-17(19(24)13-18(16)23)12-15(22)8-5-6-9-20(25)26/h6,9-11,14,16-18,21,23H,2-5,7-8,12-13H2,1H3,(H,25,26)/t14?,16-,17-,18?/m1/s1. The molecule has 2 unspecified atom stereocenters. The molecule has 1 fully saturated rings. The quantitative estimate of drug-likeness (QED) is 0.278. The van der Waals surface area contributed by atoms with Crippen molar-refractivity contribution in [2.75, 3.05) is 0 Å². The molecule has 1 saturated carbocycles. The van der Waals surface area contributed by atoms with Crippen LogP contribution < -0.4 is 0 Å². The lowest BCUT2D eigenvalue weighted by molar-refractivity contribution is -0.131. The number of allylic oxidation sites excluding steroid dienone is 1. The number of aliphatic hydroxyl groups excluding tert-OH is 2. The van der Waals surface area contributed by atoms with Crippen LogP contribution in [-0.4, -0.2) is 45.1 Å². The molecule has 6 nitrogen and oxygen atoms in total. The van der Waals surface area contributed by atoms with Crippen LogP contribution >= 0.6 is 0 Å². The van der Waals surface area contributed by atoms with Crippen LogP contribution in [0.15, 0.2) is 24.3 Å². The Bertz CT molecular complexity index is 536. The largest absolute Gasteiger partial charge is 0.478 e. The van der Waals surface area contributed by atoms with Crippen molar-refractivity contribution >= 4 is 17.5 Å². The third kappa shape index (κ3) is 8.06. The second kappa shape index (κ2) is 11.8. The molecule has 0 heterocycles. The molecule has 1 aliphatic rings. The highest BCUT2D eigenvalue weighted by atomic mass is 16.4. The van der Waals surface area contributed by atoms with Gasteiger partial charge in [0.25, 0.3) is 0 Å². The van der Waals surface area contributed by atoms with Gasteiger partial charge in [0, 0.05) is 37.2 Å². The van der Waals surface area contributed by atoms with Crippen molar-refractivity contribution in [3.05, 3.63) is 24.3 Å². The summed E-state index contributed by atoms with van der Waals surface area (Å²) in [6.07, 6.45) is 8.47. The third-order valence-corrected chi connectivity index (χ3v) is 4.69. The van der Waals surface area contributed by atoms with Crippen molar-refractivity contribution in [2.24, 2.45) is 11.8 Å². The summed E-state index contributed by atoms with van der Waals surface area (Å²) in [6, 6.07) is 0. The van der Waals surface area contributed by atoms with Gasteiger partial charge >= 0.3 is 5.97 Å². The Morgan fingerprint density at radius 1 is 1.31 bits per heavy atom. The van der Waals surface area contributed by atoms with E-state index in [1.54, 1.807) is 12.2 Å². The Morgan fingerprint density at radius 3 is 2.69 bits per heavy atom. The maximum atomic E-state index is 12.1. The number of hydrogen-bond donors (Lipinski definition) is 3. The van der Waals surface area contributed by atoms with Gasteiger partial charge in [-0.2, -0.15) is 0 Å². The molecule has 4 atom stereocenters. The molecule has 3 N–H and O–H groups in total. The molecule has 6 heteroatoms. The highest BCUT2D eigenvalue weighted by Crippen LogP contribution is 2.33. The number of carbonyl (C=O) groups is 3. The average molecular weight is 366 g/mol. The molecule has 0 spiro atoms. The van der Waals surface area contributed by atoms with Crippen LogP contribution in [-0.2, 0) is 14.4 Å². The summed E-state index contributed by atoms with van der Waals surface area (Å²) >= 11 is 0. The lowest BCUT2D eigenvalue weighted by Crippen LogP contribution is -2.22. The van der Waals surface area contributed by atoms with Crippen molar-refractivity contribution < 1.29 is 29.7 Å². The van der Waals surface area contributed by atoms with Crippen molar-refractivity contribution in [3.8, 4) is 0 Å². The number of ketones is 2. The maximum absolute atomic E-state index is 12.1. The Labute approximate surface area is 154 Å². The molecule has 0 amide bonds. The van der Waals surface area contributed by atoms with Crippen LogP contribution in [0.3, 0.4) is 0 Å². The zero-order chi connectivity index (χ0) is 19.5. The minimum Gasteiger partial charge on any atom is -0.478 e. The number of carboxylic acids is 1. The van der Waals surface area contributed by atoms with E-state index in [0.717, 1.165) is 25.3 Å². The third-order valence-electron chi connectivity index (χ3n) is 4.69. The second-order valence-electron chi connectivity index (χ2n) is 6.89. The Hall–Kier alpha value is -1.79. The van der Waals surface area contributed by atoms with Crippen LogP contribution in [0.25, 0.3) is 0 Å². The number of rotatable bonds is 12. The van der Waals surface area contributed by atoms with Crippen LogP contribution in [0.1, 0.15) is 58.3 Å². The molecule has 1 aliphatic carbocycles. The number of carboxylic acid groups (broad SMARTS) is 1. The Balaban J connectivity index is 2.56. The van der Waals surface area contributed by atoms with E-state index in [1.165, 1.54) is 6.08 Å². The maximum Gasteiger partial charge on any atom is 0.327 e. The summed E-state index contributed by atoms with van der Waals surface area (Å²) in [7, 11) is 0. The van der Waals surface area contributed by atoms with E-state index in [9.17, 15) is 24.6 Å². The Morgan fingerprint density at radius 2 is 2.04 bits per heavy atom. The van der Waals surface area contributed by atoms with Gasteiger partial charge < -0.3 is 15.3 Å². The lowest BCUT2D eigenvalue weighted by Gasteiger charge is -2.17. The predicted octanol–water partition coefficient (Wildman–Crippen LogP) is 2.43. The summed E-state index contributed by atoms with van der Waals surface area (Å²) in [6.45, 7) is 2.09. The topological polar surface area (TPSA) is 112 Å². The van der Waals surface area contributed by atoms with E-state index in [4.69, 9.17) is 5.11 Å². The molecule has 0 aromatic heterocycles. The van der Waals surface area contributed by atoms with E-state index in [-0.39, 0.29) is 30.8 Å². The highest BCUT2D eigenvalue weighted by Gasteiger charge is 2.40. The van der Waals surface area contributed by atoms with Gasteiger partial charge in [-0.1, -0.05) is 44.4 Å². The monoisotopic (exact) mass is 366 g/mol. The molecule has 0 aliphatic heterocycles. The molecule has 0 aromatic carbocycles. The number of unbranched alkanes of at least 4 members (excludes halogenated alkanes) is 2. The lowest BCUT2D eigenvalue weighted by atomic mass is 9.88. The van der Waals surface area contributed by atoms with Crippen LogP contribution in [0.2, 0.25) is 0 Å². The highest BCUT2D eigenvalue weighted by molar-refractivity contribution is 5.90. The van der Waals surface area contributed by atoms with E-state index < -0.39 is 30.0 Å². The molecule has 0 bridgehead atoms. The minimum atomic E-state index is -1.06. The van der Waals surface area contributed by atoms with Gasteiger partial charge in [0.05, 0.1) is 12.2 Å². The fraction of sp³-hybridized carbons (Fsp3) is 0.650. The van der Waals surface area contributed by atoms with Crippen molar-refractivity contribution in [3.63, 3.8) is 0 Å². The van der Waals surface area contributed by atoms with Gasteiger partial charge in [0.15, 0.2) is 0 Å². The summed E-state index contributed by atoms with van der Waals surface area (Å²) in [5, 5.41) is 28.6. The first-order valence-electron chi connectivity index (χ1n) is 9.33. The SMILES string of the molecule is CCCCCC(O)C=C[C@H]1C(O)CC(=O)[C@@H]1CC(=O)CCC=CC(=O)O. The molecule has 1 rings (SSSR count). The molecule has 0 aromatic rings. The summed E-state index contributed by atoms with van der Waals surface area (Å²) in [5.74, 6) is -2.35. The van der Waals surface area contributed by atoms with Gasteiger partial charge in [-0.15, -0.1) is 0 Å². The van der Waals surface area contributed by atoms with Crippen molar-refractivity contribution in [1.29, 1.82) is 0 Å². The molecule has 146 valence electrons. The zero-order valence-electron chi connectivity index (χ0n) is 15.3. The minimum absolute atomic E-state index is 0.0256. The number of aliphatic carboxylic acids is 1. The fourth-order valence-electron chi connectivity index (χ4n) is 3.22. The molecule has 26 heavy (non-hydrogen) atoms. The molecular weight excluding hydrogens is 336 g/mol. The van der Waals surface area contributed by atoms with Gasteiger partial charge in [0.1, 0.15) is 11.6 Å². The number of hydrogen-bond acceptors (Lipinski definition) is 5. The first-order chi connectivity index (χ1) is 12.3. The molecule has 0 saturated heterocycles. The normalized spacial score (nSPS) is 24.6. The second-order valence-corrected chi connectivity index (χ2v) is 6.89. The number of carbonyl (C=O) groups excluding carboxylic acids is 2. The van der Waals surface area contributed by atoms with Gasteiger partial charge in [-0.05, 0) is 12.8 Å². The van der Waals surface area contributed by atoms with Gasteiger partial charge in [0.2, 0.25) is 0 Å². The van der Waals surface area contributed by atoms with Gasteiger partial charge in [-0.3, -0.25) is 9.59 Å².